The van der Waals surface area contributed by atoms with E-state index in [4.69, 9.17) is 14.2 Å². The van der Waals surface area contributed by atoms with Crippen LogP contribution in [0.15, 0.2) is 58.4 Å². The van der Waals surface area contributed by atoms with Gasteiger partial charge in [-0.25, -0.2) is 14.6 Å². The number of nitrogens with one attached hydrogen (secondary N) is 2. The van der Waals surface area contributed by atoms with Crippen molar-refractivity contribution in [1.29, 1.82) is 0 Å². The van der Waals surface area contributed by atoms with E-state index in [1.165, 1.54) is 14.2 Å². The van der Waals surface area contributed by atoms with Gasteiger partial charge in [-0.05, 0) is 49.1 Å². The number of pyridine rings is 2. The van der Waals surface area contributed by atoms with E-state index in [0.717, 1.165) is 10.9 Å². The number of hydrogen-bond acceptors (Lipinski definition) is 11. The first-order chi connectivity index (χ1) is 18.2. The van der Waals surface area contributed by atoms with Gasteiger partial charge in [0, 0.05) is 29.9 Å². The van der Waals surface area contributed by atoms with Crippen LogP contribution in [-0.2, 0) is 20.7 Å². The largest absolute Gasteiger partial charge is 0.485 e. The summed E-state index contributed by atoms with van der Waals surface area (Å²) in [4.78, 5) is 57.1. The number of hydrogen-bond donors (Lipinski definition) is 2. The summed E-state index contributed by atoms with van der Waals surface area (Å²) in [5.41, 5.74) is 0.0774. The fraction of sp³-hybridized carbons (Fsp3) is 0.259. The molecular weight excluding hydrogens is 492 g/mol. The molecule has 11 heteroatoms. The van der Waals surface area contributed by atoms with Crippen LogP contribution in [0.4, 0.5) is 17.2 Å². The third kappa shape index (κ3) is 5.46. The van der Waals surface area contributed by atoms with Crippen LogP contribution < -0.4 is 26.2 Å². The third-order valence-corrected chi connectivity index (χ3v) is 5.71. The van der Waals surface area contributed by atoms with Gasteiger partial charge in [-0.1, -0.05) is 12.1 Å². The van der Waals surface area contributed by atoms with Crippen molar-refractivity contribution in [3.63, 3.8) is 0 Å². The van der Waals surface area contributed by atoms with Crippen LogP contribution in [-0.4, -0.2) is 48.3 Å². The van der Waals surface area contributed by atoms with Crippen molar-refractivity contribution >= 4 is 39.9 Å². The molecule has 4 rings (SSSR count). The van der Waals surface area contributed by atoms with Crippen LogP contribution >= 0.6 is 0 Å². The minimum Gasteiger partial charge on any atom is -0.485 e. The number of rotatable bonds is 10. The lowest BCUT2D eigenvalue weighted by atomic mass is 10.0. The van der Waals surface area contributed by atoms with E-state index < -0.39 is 28.8 Å². The smallest absolute Gasteiger partial charge is 0.356 e. The fourth-order valence-electron chi connectivity index (χ4n) is 3.85. The number of esters is 2. The normalized spacial score (nSPS) is 11.8. The van der Waals surface area contributed by atoms with Crippen LogP contribution in [0.2, 0.25) is 0 Å². The highest BCUT2D eigenvalue weighted by Crippen LogP contribution is 2.26. The molecule has 2 heterocycles. The number of ether oxygens (including phenoxy) is 3. The van der Waals surface area contributed by atoms with E-state index in [0.29, 0.717) is 16.9 Å². The molecule has 2 N–H and O–H groups in total. The summed E-state index contributed by atoms with van der Waals surface area (Å²) in [5.74, 6) is -0.816. The van der Waals surface area contributed by atoms with Crippen molar-refractivity contribution < 1.29 is 23.8 Å². The van der Waals surface area contributed by atoms with Gasteiger partial charge < -0.3 is 24.8 Å². The summed E-state index contributed by atoms with van der Waals surface area (Å²) < 4.78 is 15.1. The second kappa shape index (κ2) is 11.1. The summed E-state index contributed by atoms with van der Waals surface area (Å²) in [7, 11) is 2.53. The van der Waals surface area contributed by atoms with Crippen molar-refractivity contribution in [2.24, 2.45) is 0 Å². The molecule has 0 saturated heterocycles. The Morgan fingerprint density at radius 2 is 1.74 bits per heavy atom. The van der Waals surface area contributed by atoms with E-state index in [2.05, 4.69) is 20.6 Å². The second-order valence-electron chi connectivity index (χ2n) is 8.72. The molecule has 0 bridgehead atoms. The van der Waals surface area contributed by atoms with Crippen LogP contribution in [0.1, 0.15) is 29.9 Å². The van der Waals surface area contributed by atoms with E-state index >= 15 is 0 Å². The highest BCUT2D eigenvalue weighted by atomic mass is 16.5. The topological polar surface area (TPSA) is 146 Å². The molecule has 0 unspecified atom stereocenters. The van der Waals surface area contributed by atoms with Gasteiger partial charge in [-0.15, -0.1) is 0 Å². The predicted molar refractivity (Wildman–Crippen MR) is 141 cm³/mol. The Kier molecular flexibility index (Phi) is 7.66. The van der Waals surface area contributed by atoms with E-state index in [9.17, 15) is 19.2 Å². The highest BCUT2D eigenvalue weighted by Gasteiger charge is 2.29. The van der Waals surface area contributed by atoms with Crippen molar-refractivity contribution in [2.45, 2.75) is 32.4 Å². The average Bonchev–Trinajstić information content (AvgIpc) is 2.93. The van der Waals surface area contributed by atoms with Crippen LogP contribution in [0, 0.1) is 0 Å². The Bertz CT molecular complexity index is 1560. The maximum atomic E-state index is 12.4. The Labute approximate surface area is 217 Å². The van der Waals surface area contributed by atoms with Crippen molar-refractivity contribution in [3.8, 4) is 5.75 Å². The summed E-state index contributed by atoms with van der Waals surface area (Å²) in [5, 5.41) is 7.49. The molecule has 0 aliphatic heterocycles. The molecule has 2 aromatic heterocycles. The highest BCUT2D eigenvalue weighted by molar-refractivity contribution is 5.98. The molecule has 0 aliphatic rings. The summed E-state index contributed by atoms with van der Waals surface area (Å²) in [6.07, 6.45) is 3.13. The van der Waals surface area contributed by atoms with Crippen molar-refractivity contribution in [1.82, 2.24) is 9.97 Å². The number of fused-ring (bicyclic) bond motifs is 1. The number of carbonyl (C=O) groups excluding carboxylic acids is 2. The summed E-state index contributed by atoms with van der Waals surface area (Å²) in [6.45, 7) is 3.46. The van der Waals surface area contributed by atoms with Gasteiger partial charge in [-0.3, -0.25) is 14.6 Å². The number of aromatic nitrogens is 2. The monoisotopic (exact) mass is 518 g/mol. The van der Waals surface area contributed by atoms with Gasteiger partial charge in [0.2, 0.25) is 0 Å². The van der Waals surface area contributed by atoms with Crippen LogP contribution in [0.3, 0.4) is 0 Å². The molecule has 11 nitrogen and oxygen atoms in total. The van der Waals surface area contributed by atoms with Gasteiger partial charge in [-0.2, -0.15) is 0 Å². The molecule has 0 spiro atoms. The zero-order chi connectivity index (χ0) is 27.4. The maximum absolute atomic E-state index is 12.4. The standard InChI is InChI=1S/C27H26N4O7/c1-14(2)38-24-21(22(32)23(24)33)30-19(26(34)36-3)11-15-5-7-17(8-6-15)29-25-18-13-28-10-9-16(18)12-20(31-25)27(35)37-4/h5-10,12-14,19,30H,11H2,1-4H3,(H,29,31)/t19-/m0/s1. The fourth-order valence-corrected chi connectivity index (χ4v) is 3.85. The van der Waals surface area contributed by atoms with Crippen LogP contribution in [0.25, 0.3) is 10.8 Å². The molecule has 0 amide bonds. The lowest BCUT2D eigenvalue weighted by Crippen LogP contribution is -2.42. The minimum absolute atomic E-state index is 0.0329. The maximum Gasteiger partial charge on any atom is 0.356 e. The Balaban J connectivity index is 1.54. The predicted octanol–water partition coefficient (Wildman–Crippen LogP) is 2.74. The molecule has 2 aromatic carbocycles. The first kappa shape index (κ1) is 26.3. The molecular formula is C27H26N4O7. The quantitative estimate of drug-likeness (QED) is 0.236. The molecule has 196 valence electrons. The van der Waals surface area contributed by atoms with E-state index in [1.54, 1.807) is 62.6 Å². The van der Waals surface area contributed by atoms with Gasteiger partial charge >= 0.3 is 11.9 Å². The Morgan fingerprint density at radius 3 is 2.39 bits per heavy atom. The molecule has 0 aliphatic carbocycles. The lowest BCUT2D eigenvalue weighted by molar-refractivity contribution is -0.141. The number of benzene rings is 1. The number of nitrogens with zero attached hydrogens (tertiary/aromatic N) is 2. The summed E-state index contributed by atoms with van der Waals surface area (Å²) in [6, 6.07) is 9.61. The Hall–Kier alpha value is -4.80. The lowest BCUT2D eigenvalue weighted by Gasteiger charge is -2.21. The summed E-state index contributed by atoms with van der Waals surface area (Å²) >= 11 is 0. The van der Waals surface area contributed by atoms with Gasteiger partial charge in [0.15, 0.2) is 11.4 Å². The zero-order valence-electron chi connectivity index (χ0n) is 21.2. The third-order valence-electron chi connectivity index (χ3n) is 5.71. The molecule has 4 aromatic rings. The zero-order valence-corrected chi connectivity index (χ0v) is 21.2. The first-order valence-corrected chi connectivity index (χ1v) is 11.7. The van der Waals surface area contributed by atoms with E-state index in [-0.39, 0.29) is 29.7 Å². The molecule has 1 atom stereocenters. The first-order valence-electron chi connectivity index (χ1n) is 11.7. The second-order valence-corrected chi connectivity index (χ2v) is 8.72. The van der Waals surface area contributed by atoms with E-state index in [1.807, 2.05) is 0 Å². The molecule has 0 fully saturated rings. The van der Waals surface area contributed by atoms with Crippen molar-refractivity contribution in [2.75, 3.05) is 24.9 Å². The van der Waals surface area contributed by atoms with Gasteiger partial charge in [0.25, 0.3) is 10.9 Å². The molecule has 0 saturated carbocycles. The molecule has 38 heavy (non-hydrogen) atoms. The SMILES string of the molecule is COC(=O)c1cc2ccncc2c(Nc2ccc(C[C@H](Nc3c(OC(C)C)c(=O)c3=O)C(=O)OC)cc2)n1. The number of carbonyl (C=O) groups is 2. The number of anilines is 3. The van der Waals surface area contributed by atoms with Crippen LogP contribution in [0.5, 0.6) is 5.75 Å². The minimum atomic E-state index is -0.926. The Morgan fingerprint density at radius 1 is 1.00 bits per heavy atom. The van der Waals surface area contributed by atoms with Gasteiger partial charge in [0.1, 0.15) is 17.5 Å². The van der Waals surface area contributed by atoms with Gasteiger partial charge in [0.05, 0.1) is 20.3 Å². The number of methoxy groups -OCH3 is 2. The molecule has 0 radical (unpaired) electrons. The average molecular weight is 519 g/mol. The van der Waals surface area contributed by atoms with Crippen molar-refractivity contribution in [3.05, 3.63) is 80.5 Å².